The van der Waals surface area contributed by atoms with Crippen molar-refractivity contribution >= 4 is 40.8 Å². The summed E-state index contributed by atoms with van der Waals surface area (Å²) in [5.41, 5.74) is 1.79. The number of aryl methyl sites for hydroxylation is 1. The Kier molecular flexibility index (Phi) is 7.12. The van der Waals surface area contributed by atoms with Crippen molar-refractivity contribution in [1.82, 2.24) is 20.1 Å². The lowest BCUT2D eigenvalue weighted by Gasteiger charge is -2.39. The van der Waals surface area contributed by atoms with Gasteiger partial charge in [-0.25, -0.2) is 9.37 Å². The molecule has 0 bridgehead atoms. The SMILES string of the molecule is Cc1cc(Nc2nc(CC3(C(=O)O)CCN(Cc4cccc(Cl)c4F)CC3)cc(Cl)c2C)n[nH]1. The van der Waals surface area contributed by atoms with E-state index < -0.39 is 17.2 Å². The summed E-state index contributed by atoms with van der Waals surface area (Å²) in [7, 11) is 0. The van der Waals surface area contributed by atoms with Crippen molar-refractivity contribution in [3.05, 3.63) is 68.7 Å². The largest absolute Gasteiger partial charge is 0.481 e. The minimum absolute atomic E-state index is 0.0890. The number of halogens is 3. The Balaban J connectivity index is 1.50. The van der Waals surface area contributed by atoms with Gasteiger partial charge in [0.15, 0.2) is 5.82 Å². The first-order valence-corrected chi connectivity index (χ1v) is 11.8. The van der Waals surface area contributed by atoms with Crippen LogP contribution in [0.3, 0.4) is 0 Å². The highest BCUT2D eigenvalue weighted by Crippen LogP contribution is 2.37. The zero-order chi connectivity index (χ0) is 24.5. The number of hydrogen-bond donors (Lipinski definition) is 3. The maximum atomic E-state index is 14.3. The fourth-order valence-electron chi connectivity index (χ4n) is 4.31. The van der Waals surface area contributed by atoms with Gasteiger partial charge in [0, 0.05) is 46.6 Å². The van der Waals surface area contributed by atoms with Crippen molar-refractivity contribution < 1.29 is 14.3 Å². The molecule has 1 saturated heterocycles. The Morgan fingerprint density at radius 2 is 1.97 bits per heavy atom. The molecule has 7 nitrogen and oxygen atoms in total. The van der Waals surface area contributed by atoms with Gasteiger partial charge in [-0.05, 0) is 51.9 Å². The fraction of sp³-hybridized carbons (Fsp3) is 0.375. The third-order valence-corrected chi connectivity index (χ3v) is 7.11. The van der Waals surface area contributed by atoms with Crippen LogP contribution in [0.5, 0.6) is 0 Å². The molecule has 3 heterocycles. The third-order valence-electron chi connectivity index (χ3n) is 6.43. The van der Waals surface area contributed by atoms with E-state index in [-0.39, 0.29) is 11.4 Å². The average Bonchev–Trinajstić information content (AvgIpc) is 3.20. The van der Waals surface area contributed by atoms with Gasteiger partial charge >= 0.3 is 5.97 Å². The fourth-order valence-corrected chi connectivity index (χ4v) is 4.72. The molecule has 1 aromatic carbocycles. The van der Waals surface area contributed by atoms with Crippen LogP contribution in [0.2, 0.25) is 10.0 Å². The molecule has 0 aliphatic carbocycles. The van der Waals surface area contributed by atoms with E-state index in [9.17, 15) is 14.3 Å². The number of piperidine rings is 1. The number of aromatic nitrogens is 3. The summed E-state index contributed by atoms with van der Waals surface area (Å²) in [6.45, 7) is 5.17. The number of aliphatic carboxylic acids is 1. The highest BCUT2D eigenvalue weighted by Gasteiger charge is 2.42. The summed E-state index contributed by atoms with van der Waals surface area (Å²) >= 11 is 12.4. The maximum absolute atomic E-state index is 14.3. The van der Waals surface area contributed by atoms with Crippen LogP contribution in [0, 0.1) is 25.1 Å². The number of benzene rings is 1. The monoisotopic (exact) mass is 505 g/mol. The molecule has 180 valence electrons. The zero-order valence-electron chi connectivity index (χ0n) is 19.0. The lowest BCUT2D eigenvalue weighted by Crippen LogP contribution is -2.45. The Bertz CT molecular complexity index is 1210. The number of nitrogens with one attached hydrogen (secondary N) is 2. The van der Waals surface area contributed by atoms with Gasteiger partial charge in [-0.2, -0.15) is 5.10 Å². The molecule has 3 aromatic rings. The van der Waals surface area contributed by atoms with Gasteiger partial charge < -0.3 is 10.4 Å². The summed E-state index contributed by atoms with van der Waals surface area (Å²) < 4.78 is 14.3. The van der Waals surface area contributed by atoms with Crippen molar-refractivity contribution in [2.45, 2.75) is 39.7 Å². The first-order chi connectivity index (χ1) is 16.2. The predicted molar refractivity (Wildman–Crippen MR) is 130 cm³/mol. The summed E-state index contributed by atoms with van der Waals surface area (Å²) in [6, 6.07) is 8.51. The van der Waals surface area contributed by atoms with Crippen LogP contribution in [-0.4, -0.2) is 44.2 Å². The first kappa shape index (κ1) is 24.4. The number of anilines is 2. The number of hydrogen-bond acceptors (Lipinski definition) is 5. The Morgan fingerprint density at radius 3 is 2.62 bits per heavy atom. The highest BCUT2D eigenvalue weighted by molar-refractivity contribution is 6.31. The van der Waals surface area contributed by atoms with Gasteiger partial charge in [0.2, 0.25) is 0 Å². The normalized spacial score (nSPS) is 15.9. The summed E-state index contributed by atoms with van der Waals surface area (Å²) in [4.78, 5) is 19.1. The molecule has 0 atom stereocenters. The molecule has 1 aliphatic heterocycles. The first-order valence-electron chi connectivity index (χ1n) is 11.0. The zero-order valence-corrected chi connectivity index (χ0v) is 20.5. The van der Waals surface area contributed by atoms with Gasteiger partial charge in [0.25, 0.3) is 0 Å². The molecule has 2 aromatic heterocycles. The highest BCUT2D eigenvalue weighted by atomic mass is 35.5. The predicted octanol–water partition coefficient (Wildman–Crippen LogP) is 5.52. The van der Waals surface area contributed by atoms with Crippen molar-refractivity contribution in [2.75, 3.05) is 18.4 Å². The smallest absolute Gasteiger partial charge is 0.310 e. The molecule has 0 amide bonds. The molecule has 3 N–H and O–H groups in total. The van der Waals surface area contributed by atoms with E-state index in [4.69, 9.17) is 23.2 Å². The van der Waals surface area contributed by atoms with Gasteiger partial charge in [-0.15, -0.1) is 0 Å². The molecule has 0 unspecified atom stereocenters. The van der Waals surface area contributed by atoms with E-state index in [0.29, 0.717) is 60.4 Å². The molecular weight excluding hydrogens is 480 g/mol. The summed E-state index contributed by atoms with van der Waals surface area (Å²) in [5.74, 6) is -0.138. The second kappa shape index (κ2) is 9.90. The summed E-state index contributed by atoms with van der Waals surface area (Å²) in [6.07, 6.45) is 1.08. The number of pyridine rings is 1. The van der Waals surface area contributed by atoms with Gasteiger partial charge in [-0.3, -0.25) is 14.8 Å². The van der Waals surface area contributed by atoms with E-state index in [1.54, 1.807) is 18.2 Å². The topological polar surface area (TPSA) is 94.1 Å². The van der Waals surface area contributed by atoms with Crippen LogP contribution < -0.4 is 5.32 Å². The molecular formula is C24H26Cl2FN5O2. The Hall–Kier alpha value is -2.68. The van der Waals surface area contributed by atoms with Crippen LogP contribution in [-0.2, 0) is 17.8 Å². The van der Waals surface area contributed by atoms with Crippen molar-refractivity contribution in [2.24, 2.45) is 5.41 Å². The molecule has 0 saturated carbocycles. The second-order valence-corrected chi connectivity index (χ2v) is 9.70. The maximum Gasteiger partial charge on any atom is 0.310 e. The molecule has 4 rings (SSSR count). The Morgan fingerprint density at radius 1 is 1.24 bits per heavy atom. The van der Waals surface area contributed by atoms with Crippen LogP contribution in [0.15, 0.2) is 30.3 Å². The number of likely N-dealkylation sites (tertiary alicyclic amines) is 1. The second-order valence-electron chi connectivity index (χ2n) is 8.88. The van der Waals surface area contributed by atoms with Crippen LogP contribution in [0.4, 0.5) is 16.0 Å². The third kappa shape index (κ3) is 5.19. The molecule has 0 spiro atoms. The number of carbonyl (C=O) groups is 1. The minimum atomic E-state index is -0.977. The van der Waals surface area contributed by atoms with E-state index >= 15 is 0 Å². The molecule has 1 fully saturated rings. The summed E-state index contributed by atoms with van der Waals surface area (Å²) in [5, 5.41) is 20.9. The number of carboxylic acid groups (broad SMARTS) is 1. The van der Waals surface area contributed by atoms with E-state index in [0.717, 1.165) is 11.3 Å². The molecule has 1 aliphatic rings. The van der Waals surface area contributed by atoms with Crippen molar-refractivity contribution in [3.8, 4) is 0 Å². The average molecular weight is 506 g/mol. The molecule has 34 heavy (non-hydrogen) atoms. The van der Waals surface area contributed by atoms with Gasteiger partial charge in [0.1, 0.15) is 11.6 Å². The van der Waals surface area contributed by atoms with E-state index in [1.165, 1.54) is 6.07 Å². The minimum Gasteiger partial charge on any atom is -0.481 e. The van der Waals surface area contributed by atoms with E-state index in [2.05, 4.69) is 25.4 Å². The molecule has 0 radical (unpaired) electrons. The standard InChI is InChI=1S/C24H26Cl2FN5O2/c1-14-10-20(31-30-14)29-22-15(2)19(26)11-17(28-22)12-24(23(33)34)6-8-32(9-7-24)13-16-4-3-5-18(25)21(16)27/h3-5,10-11H,6-9,12-13H2,1-2H3,(H,33,34)(H2,28,29,30,31). The Labute approximate surface area is 207 Å². The molecule has 10 heteroatoms. The number of H-pyrrole nitrogens is 1. The van der Waals surface area contributed by atoms with E-state index in [1.807, 2.05) is 19.9 Å². The number of rotatable bonds is 7. The van der Waals surface area contributed by atoms with Gasteiger partial charge in [0.05, 0.1) is 10.4 Å². The van der Waals surface area contributed by atoms with Crippen molar-refractivity contribution in [3.63, 3.8) is 0 Å². The lowest BCUT2D eigenvalue weighted by atomic mass is 9.74. The van der Waals surface area contributed by atoms with Crippen LogP contribution in [0.25, 0.3) is 0 Å². The number of nitrogens with zero attached hydrogens (tertiary/aromatic N) is 3. The van der Waals surface area contributed by atoms with Crippen LogP contribution in [0.1, 0.15) is 35.4 Å². The van der Waals surface area contributed by atoms with Gasteiger partial charge in [-0.1, -0.05) is 35.3 Å². The van der Waals surface area contributed by atoms with Crippen LogP contribution >= 0.6 is 23.2 Å². The lowest BCUT2D eigenvalue weighted by molar-refractivity contribution is -0.152. The quantitative estimate of drug-likeness (QED) is 0.391. The number of aromatic amines is 1. The number of carboxylic acids is 1. The van der Waals surface area contributed by atoms with Crippen molar-refractivity contribution in [1.29, 1.82) is 0 Å².